The van der Waals surface area contributed by atoms with Crippen LogP contribution < -0.4 is 14.8 Å². The summed E-state index contributed by atoms with van der Waals surface area (Å²) in [4.78, 5) is 0. The molecule has 2 rings (SSSR count). The largest absolute Gasteiger partial charge is 0.493 e. The number of hydrogen-bond donors (Lipinski definition) is 1. The fraction of sp³-hybridized carbons (Fsp3) is 0.294. The lowest BCUT2D eigenvalue weighted by molar-refractivity contribution is 0.350. The highest BCUT2D eigenvalue weighted by molar-refractivity contribution is 6.30. The maximum atomic E-state index is 5.87. The minimum absolute atomic E-state index is 0.744. The highest BCUT2D eigenvalue weighted by Crippen LogP contribution is 2.30. The molecular formula is C17H20ClNO2. The van der Waals surface area contributed by atoms with Gasteiger partial charge in [0.25, 0.3) is 0 Å². The van der Waals surface area contributed by atoms with E-state index in [-0.39, 0.29) is 0 Å². The second-order valence-corrected chi connectivity index (χ2v) is 5.14. The normalized spacial score (nSPS) is 10.4. The first-order valence-electron chi connectivity index (χ1n) is 6.89. The van der Waals surface area contributed by atoms with E-state index in [1.165, 1.54) is 5.56 Å². The molecule has 21 heavy (non-hydrogen) atoms. The fourth-order valence-electron chi connectivity index (χ4n) is 2.20. The minimum atomic E-state index is 0.744. The molecule has 0 heterocycles. The van der Waals surface area contributed by atoms with Crippen molar-refractivity contribution >= 4 is 11.6 Å². The van der Waals surface area contributed by atoms with Crippen LogP contribution in [0.3, 0.4) is 0 Å². The third kappa shape index (κ3) is 4.38. The van der Waals surface area contributed by atoms with Gasteiger partial charge in [-0.3, -0.25) is 0 Å². The number of rotatable bonds is 7. The molecule has 0 radical (unpaired) electrons. The van der Waals surface area contributed by atoms with Gasteiger partial charge < -0.3 is 14.8 Å². The van der Waals surface area contributed by atoms with Gasteiger partial charge in [-0.25, -0.2) is 0 Å². The highest BCUT2D eigenvalue weighted by Gasteiger charge is 2.08. The summed E-state index contributed by atoms with van der Waals surface area (Å²) in [5.41, 5.74) is 2.36. The van der Waals surface area contributed by atoms with Gasteiger partial charge in [0.15, 0.2) is 11.5 Å². The van der Waals surface area contributed by atoms with Crippen molar-refractivity contribution in [2.24, 2.45) is 0 Å². The van der Waals surface area contributed by atoms with Gasteiger partial charge >= 0.3 is 0 Å². The quantitative estimate of drug-likeness (QED) is 0.791. The number of ether oxygens (including phenoxy) is 2. The summed E-state index contributed by atoms with van der Waals surface area (Å²) in [5.74, 6) is 1.55. The zero-order chi connectivity index (χ0) is 15.1. The molecule has 3 nitrogen and oxygen atoms in total. The molecule has 0 fully saturated rings. The summed E-state index contributed by atoms with van der Waals surface area (Å²) in [6, 6.07) is 13.8. The predicted molar refractivity (Wildman–Crippen MR) is 86.4 cm³/mol. The summed E-state index contributed by atoms with van der Waals surface area (Å²) >= 11 is 5.87. The molecule has 0 spiro atoms. The van der Waals surface area contributed by atoms with Crippen molar-refractivity contribution in [2.45, 2.75) is 13.0 Å². The van der Waals surface area contributed by atoms with Gasteiger partial charge in [-0.1, -0.05) is 35.9 Å². The standard InChI is InChI=1S/C17H20ClNO2/c1-20-16-5-3-4-14(17(16)21-2)12-19-11-10-13-6-8-15(18)9-7-13/h3-9,19H,10-12H2,1-2H3. The van der Waals surface area contributed by atoms with E-state index in [9.17, 15) is 0 Å². The van der Waals surface area contributed by atoms with Crippen LogP contribution in [0.2, 0.25) is 5.02 Å². The van der Waals surface area contributed by atoms with Crippen molar-refractivity contribution in [3.63, 3.8) is 0 Å². The van der Waals surface area contributed by atoms with Crippen LogP contribution in [-0.2, 0) is 13.0 Å². The van der Waals surface area contributed by atoms with Gasteiger partial charge in [-0.15, -0.1) is 0 Å². The van der Waals surface area contributed by atoms with Gasteiger partial charge in [0.05, 0.1) is 14.2 Å². The number of benzene rings is 2. The molecule has 0 aliphatic heterocycles. The molecule has 2 aromatic carbocycles. The van der Waals surface area contributed by atoms with Gasteiger partial charge in [0, 0.05) is 17.1 Å². The van der Waals surface area contributed by atoms with Gasteiger partial charge in [-0.2, -0.15) is 0 Å². The molecule has 4 heteroatoms. The molecule has 0 saturated carbocycles. The van der Waals surface area contributed by atoms with E-state index in [0.717, 1.165) is 41.6 Å². The Morgan fingerprint density at radius 3 is 2.43 bits per heavy atom. The van der Waals surface area contributed by atoms with Crippen molar-refractivity contribution in [2.75, 3.05) is 20.8 Å². The first-order valence-corrected chi connectivity index (χ1v) is 7.27. The summed E-state index contributed by atoms with van der Waals surface area (Å²) in [6.45, 7) is 1.63. The first kappa shape index (κ1) is 15.7. The average molecular weight is 306 g/mol. The van der Waals surface area contributed by atoms with Gasteiger partial charge in [-0.05, 0) is 36.7 Å². The van der Waals surface area contributed by atoms with E-state index in [1.807, 2.05) is 30.3 Å². The smallest absolute Gasteiger partial charge is 0.165 e. The van der Waals surface area contributed by atoms with E-state index < -0.39 is 0 Å². The number of methoxy groups -OCH3 is 2. The van der Waals surface area contributed by atoms with Crippen molar-refractivity contribution < 1.29 is 9.47 Å². The average Bonchev–Trinajstić information content (AvgIpc) is 2.52. The monoisotopic (exact) mass is 305 g/mol. The van der Waals surface area contributed by atoms with Gasteiger partial charge in [0.2, 0.25) is 0 Å². The number of para-hydroxylation sites is 1. The summed E-state index contributed by atoms with van der Waals surface area (Å²) < 4.78 is 10.7. The third-order valence-corrected chi connectivity index (χ3v) is 3.56. The zero-order valence-electron chi connectivity index (χ0n) is 12.4. The van der Waals surface area contributed by atoms with E-state index >= 15 is 0 Å². The molecule has 1 N–H and O–H groups in total. The Hall–Kier alpha value is -1.71. The van der Waals surface area contributed by atoms with Gasteiger partial charge in [0.1, 0.15) is 0 Å². The molecule has 112 valence electrons. The van der Waals surface area contributed by atoms with Crippen molar-refractivity contribution in [3.05, 3.63) is 58.6 Å². The molecule has 0 unspecified atom stereocenters. The molecular weight excluding hydrogens is 286 g/mol. The molecule has 0 atom stereocenters. The predicted octanol–water partition coefficient (Wildman–Crippen LogP) is 3.69. The lowest BCUT2D eigenvalue weighted by Gasteiger charge is -2.13. The SMILES string of the molecule is COc1cccc(CNCCc2ccc(Cl)cc2)c1OC. The molecule has 0 aromatic heterocycles. The second-order valence-electron chi connectivity index (χ2n) is 4.71. The minimum Gasteiger partial charge on any atom is -0.493 e. The van der Waals surface area contributed by atoms with Crippen molar-refractivity contribution in [1.29, 1.82) is 0 Å². The highest BCUT2D eigenvalue weighted by atomic mass is 35.5. The Morgan fingerprint density at radius 2 is 1.76 bits per heavy atom. The molecule has 0 aliphatic rings. The van der Waals surface area contributed by atoms with Crippen LogP contribution in [0.1, 0.15) is 11.1 Å². The lowest BCUT2D eigenvalue weighted by Crippen LogP contribution is -2.17. The van der Waals surface area contributed by atoms with E-state index in [2.05, 4.69) is 17.4 Å². The van der Waals surface area contributed by atoms with Crippen LogP contribution in [0.15, 0.2) is 42.5 Å². The number of halogens is 1. The maximum Gasteiger partial charge on any atom is 0.165 e. The second kappa shape index (κ2) is 7.91. The Balaban J connectivity index is 1.87. The molecule has 2 aromatic rings. The Kier molecular flexibility index (Phi) is 5.90. The van der Waals surface area contributed by atoms with E-state index in [0.29, 0.717) is 0 Å². The lowest BCUT2D eigenvalue weighted by atomic mass is 10.1. The van der Waals surface area contributed by atoms with Crippen LogP contribution in [0.5, 0.6) is 11.5 Å². The summed E-state index contributed by atoms with van der Waals surface area (Å²) in [6.07, 6.45) is 0.962. The zero-order valence-corrected chi connectivity index (χ0v) is 13.1. The third-order valence-electron chi connectivity index (χ3n) is 3.30. The molecule has 0 bridgehead atoms. The summed E-state index contributed by atoms with van der Waals surface area (Å²) in [7, 11) is 3.31. The first-order chi connectivity index (χ1) is 10.2. The Labute approximate surface area is 130 Å². The Morgan fingerprint density at radius 1 is 1.00 bits per heavy atom. The Bertz CT molecular complexity index is 570. The van der Waals surface area contributed by atoms with E-state index in [4.69, 9.17) is 21.1 Å². The molecule has 0 amide bonds. The van der Waals surface area contributed by atoms with Crippen LogP contribution in [0, 0.1) is 0 Å². The molecule has 0 saturated heterocycles. The van der Waals surface area contributed by atoms with Crippen LogP contribution in [-0.4, -0.2) is 20.8 Å². The summed E-state index contributed by atoms with van der Waals surface area (Å²) in [5, 5.41) is 4.19. The van der Waals surface area contributed by atoms with Crippen molar-refractivity contribution in [3.8, 4) is 11.5 Å². The number of nitrogens with one attached hydrogen (secondary N) is 1. The fourth-order valence-corrected chi connectivity index (χ4v) is 2.33. The van der Waals surface area contributed by atoms with E-state index in [1.54, 1.807) is 14.2 Å². The van der Waals surface area contributed by atoms with Crippen LogP contribution in [0.25, 0.3) is 0 Å². The number of hydrogen-bond acceptors (Lipinski definition) is 3. The van der Waals surface area contributed by atoms with Crippen LogP contribution >= 0.6 is 11.6 Å². The molecule has 0 aliphatic carbocycles. The van der Waals surface area contributed by atoms with Crippen LogP contribution in [0.4, 0.5) is 0 Å². The topological polar surface area (TPSA) is 30.5 Å². The maximum absolute atomic E-state index is 5.87. The van der Waals surface area contributed by atoms with Crippen molar-refractivity contribution in [1.82, 2.24) is 5.32 Å².